The van der Waals surface area contributed by atoms with Crippen LogP contribution in [0, 0.1) is 50.2 Å². The SMILES string of the molecule is CC1(C)C=C2[C@H]3CC[C@@H]4[C@@]5(C)CCC(=O)[C@](C)(C=O)[C@@H]5CC[C@@]4(C)[C@]3(C)CC[C@@]2(C(=O)O)CC1. The van der Waals surface area contributed by atoms with Crippen molar-refractivity contribution in [1.82, 2.24) is 0 Å². The van der Waals surface area contributed by atoms with Crippen molar-refractivity contribution in [2.75, 3.05) is 0 Å². The highest BCUT2D eigenvalue weighted by molar-refractivity contribution is 5.99. The minimum absolute atomic E-state index is 0.0217. The number of carboxylic acids is 1. The van der Waals surface area contributed by atoms with E-state index < -0.39 is 16.8 Å². The van der Waals surface area contributed by atoms with Gasteiger partial charge in [0.1, 0.15) is 12.1 Å². The van der Waals surface area contributed by atoms with Gasteiger partial charge in [0, 0.05) is 6.42 Å². The highest BCUT2D eigenvalue weighted by atomic mass is 16.4. The van der Waals surface area contributed by atoms with Crippen molar-refractivity contribution >= 4 is 18.0 Å². The summed E-state index contributed by atoms with van der Waals surface area (Å²) < 4.78 is 0. The van der Waals surface area contributed by atoms with E-state index >= 15 is 0 Å². The van der Waals surface area contributed by atoms with E-state index in [-0.39, 0.29) is 33.4 Å². The number of carboxylic acid groups (broad SMARTS) is 1. The van der Waals surface area contributed by atoms with Crippen molar-refractivity contribution in [3.8, 4) is 0 Å². The summed E-state index contributed by atoms with van der Waals surface area (Å²) in [5, 5.41) is 10.5. The zero-order valence-corrected chi connectivity index (χ0v) is 22.1. The van der Waals surface area contributed by atoms with E-state index in [1.54, 1.807) is 0 Å². The van der Waals surface area contributed by atoms with Crippen molar-refractivity contribution in [1.29, 1.82) is 0 Å². The number of rotatable bonds is 2. The summed E-state index contributed by atoms with van der Waals surface area (Å²) in [6.07, 6.45) is 12.2. The Labute approximate surface area is 205 Å². The Kier molecular flexibility index (Phi) is 5.04. The second-order valence-electron chi connectivity index (χ2n) is 14.4. The van der Waals surface area contributed by atoms with Crippen LogP contribution in [-0.4, -0.2) is 23.1 Å². The molecule has 5 rings (SSSR count). The van der Waals surface area contributed by atoms with Gasteiger partial charge in [-0.15, -0.1) is 0 Å². The quantitative estimate of drug-likeness (QED) is 0.281. The predicted molar refractivity (Wildman–Crippen MR) is 132 cm³/mol. The Bertz CT molecular complexity index is 978. The van der Waals surface area contributed by atoms with Crippen LogP contribution in [0.3, 0.4) is 0 Å². The molecule has 0 aromatic carbocycles. The summed E-state index contributed by atoms with van der Waals surface area (Å²) in [6, 6.07) is 0. The number of Topliss-reactive ketones (excluding diaryl/α,β-unsaturated/α-hetero) is 1. The third-order valence-corrected chi connectivity index (χ3v) is 12.7. The van der Waals surface area contributed by atoms with E-state index in [9.17, 15) is 19.5 Å². The maximum atomic E-state index is 12.9. The zero-order valence-electron chi connectivity index (χ0n) is 22.1. The van der Waals surface area contributed by atoms with Crippen LogP contribution in [0.15, 0.2) is 11.6 Å². The average molecular weight is 469 g/mol. The van der Waals surface area contributed by atoms with Gasteiger partial charge in [-0.1, -0.05) is 46.3 Å². The number of fused-ring (bicyclic) bond motifs is 7. The maximum Gasteiger partial charge on any atom is 0.313 e. The second kappa shape index (κ2) is 7.07. The van der Waals surface area contributed by atoms with Gasteiger partial charge in [-0.3, -0.25) is 9.59 Å². The zero-order chi connectivity index (χ0) is 24.9. The molecule has 4 nitrogen and oxygen atoms in total. The first-order chi connectivity index (χ1) is 15.7. The predicted octanol–water partition coefficient (Wildman–Crippen LogP) is 6.62. The van der Waals surface area contributed by atoms with Crippen LogP contribution in [0.4, 0.5) is 0 Å². The van der Waals surface area contributed by atoms with Crippen molar-refractivity contribution < 1.29 is 19.5 Å². The van der Waals surface area contributed by atoms with Crippen LogP contribution in [0.25, 0.3) is 0 Å². The fourth-order valence-corrected chi connectivity index (χ4v) is 10.4. The number of ketones is 1. The van der Waals surface area contributed by atoms with Gasteiger partial charge in [0.25, 0.3) is 0 Å². The molecule has 0 radical (unpaired) electrons. The molecule has 188 valence electrons. The van der Waals surface area contributed by atoms with E-state index in [2.05, 4.69) is 40.7 Å². The third kappa shape index (κ3) is 2.75. The van der Waals surface area contributed by atoms with Crippen molar-refractivity contribution in [2.45, 2.75) is 106 Å². The van der Waals surface area contributed by atoms with E-state index in [0.29, 0.717) is 18.3 Å². The highest BCUT2D eigenvalue weighted by Crippen LogP contribution is 2.76. The molecule has 0 spiro atoms. The minimum Gasteiger partial charge on any atom is -0.481 e. The molecule has 5 aliphatic carbocycles. The van der Waals surface area contributed by atoms with E-state index in [1.165, 1.54) is 5.57 Å². The fraction of sp³-hybridized carbons (Fsp3) is 0.833. The molecule has 34 heavy (non-hydrogen) atoms. The first kappa shape index (κ1) is 24.3. The molecule has 8 atom stereocenters. The van der Waals surface area contributed by atoms with Crippen molar-refractivity contribution in [3.05, 3.63) is 11.6 Å². The Morgan fingerprint density at radius 1 is 0.882 bits per heavy atom. The van der Waals surface area contributed by atoms with Crippen LogP contribution >= 0.6 is 0 Å². The molecular formula is C30H44O4. The summed E-state index contributed by atoms with van der Waals surface area (Å²) in [4.78, 5) is 37.9. The Balaban J connectivity index is 1.59. The van der Waals surface area contributed by atoms with Gasteiger partial charge < -0.3 is 9.90 Å². The molecule has 0 amide bonds. The van der Waals surface area contributed by atoms with Crippen molar-refractivity contribution in [2.24, 2.45) is 50.2 Å². The normalized spacial score (nSPS) is 51.8. The number of aliphatic carboxylic acids is 1. The molecule has 4 saturated carbocycles. The number of hydrogen-bond donors (Lipinski definition) is 1. The summed E-state index contributed by atoms with van der Waals surface area (Å²) in [5.41, 5.74) is -0.159. The molecule has 0 unspecified atom stereocenters. The average Bonchev–Trinajstić information content (AvgIpc) is 2.76. The van der Waals surface area contributed by atoms with Gasteiger partial charge in [-0.05, 0) is 104 Å². The molecule has 4 heteroatoms. The largest absolute Gasteiger partial charge is 0.481 e. The Morgan fingerprint density at radius 3 is 2.21 bits per heavy atom. The topological polar surface area (TPSA) is 71.4 Å². The molecule has 0 aromatic heterocycles. The van der Waals surface area contributed by atoms with E-state index in [1.807, 2.05) is 6.92 Å². The lowest BCUT2D eigenvalue weighted by Crippen LogP contribution is -2.66. The van der Waals surface area contributed by atoms with Crippen LogP contribution < -0.4 is 0 Å². The monoisotopic (exact) mass is 468 g/mol. The molecule has 0 heterocycles. The molecule has 0 saturated heterocycles. The number of hydrogen-bond acceptors (Lipinski definition) is 3. The number of aldehydes is 1. The van der Waals surface area contributed by atoms with Crippen LogP contribution in [-0.2, 0) is 14.4 Å². The first-order valence-electron chi connectivity index (χ1n) is 13.7. The van der Waals surface area contributed by atoms with Gasteiger partial charge in [-0.2, -0.15) is 0 Å². The lowest BCUT2D eigenvalue weighted by molar-refractivity contribution is -0.212. The fourth-order valence-electron chi connectivity index (χ4n) is 10.4. The molecule has 0 aliphatic heterocycles. The minimum atomic E-state index is -0.854. The molecule has 1 N–H and O–H groups in total. The third-order valence-electron chi connectivity index (χ3n) is 12.7. The first-order valence-corrected chi connectivity index (χ1v) is 13.7. The van der Waals surface area contributed by atoms with Crippen LogP contribution in [0.5, 0.6) is 0 Å². The summed E-state index contributed by atoms with van der Waals surface area (Å²) >= 11 is 0. The number of allylic oxidation sites excluding steroid dienone is 1. The van der Waals surface area contributed by atoms with E-state index in [4.69, 9.17) is 0 Å². The lowest BCUT2D eigenvalue weighted by atomic mass is 9.32. The van der Waals surface area contributed by atoms with Crippen LogP contribution in [0.2, 0.25) is 0 Å². The summed E-state index contributed by atoms with van der Waals surface area (Å²) in [7, 11) is 0. The summed E-state index contributed by atoms with van der Waals surface area (Å²) in [6.45, 7) is 13.8. The number of carbonyl (C=O) groups is 3. The standard InChI is InChI=1S/C30H44O4/c1-25(2)13-15-30(24(33)34)16-14-28(5)19(20(30)17-25)7-8-22-26(3)11-10-23(32)27(4,18-31)21(26)9-12-29(22,28)6/h17-19,21-22H,7-16H2,1-6H3,(H,33,34)/t19-,21-,22-,26+,27-,28-,29-,30+/m1/s1. The molecule has 0 bridgehead atoms. The molecule has 0 aromatic rings. The molecule has 4 fully saturated rings. The van der Waals surface area contributed by atoms with Crippen molar-refractivity contribution in [3.63, 3.8) is 0 Å². The van der Waals surface area contributed by atoms with Gasteiger partial charge in [0.05, 0.1) is 10.8 Å². The molecule has 5 aliphatic rings. The Morgan fingerprint density at radius 2 is 1.56 bits per heavy atom. The number of carbonyl (C=O) groups excluding carboxylic acids is 2. The maximum absolute atomic E-state index is 12.9. The Hall–Kier alpha value is -1.45. The van der Waals surface area contributed by atoms with Gasteiger partial charge in [0.2, 0.25) is 0 Å². The van der Waals surface area contributed by atoms with E-state index in [0.717, 1.165) is 64.1 Å². The summed E-state index contributed by atoms with van der Waals surface area (Å²) in [5.74, 6) is 0.396. The van der Waals surface area contributed by atoms with Gasteiger partial charge in [-0.25, -0.2) is 0 Å². The van der Waals surface area contributed by atoms with Gasteiger partial charge >= 0.3 is 5.97 Å². The smallest absolute Gasteiger partial charge is 0.313 e. The molecular weight excluding hydrogens is 424 g/mol. The second-order valence-corrected chi connectivity index (χ2v) is 14.4. The highest BCUT2D eigenvalue weighted by Gasteiger charge is 2.70. The van der Waals surface area contributed by atoms with Crippen LogP contribution in [0.1, 0.15) is 106 Å². The lowest BCUT2D eigenvalue weighted by Gasteiger charge is -2.71. The van der Waals surface area contributed by atoms with Gasteiger partial charge in [0.15, 0.2) is 0 Å².